The van der Waals surface area contributed by atoms with Gasteiger partial charge in [-0.3, -0.25) is 9.59 Å². The summed E-state index contributed by atoms with van der Waals surface area (Å²) in [5.41, 5.74) is 1.63. The lowest BCUT2D eigenvalue weighted by molar-refractivity contribution is -0.368. The molecule has 0 saturated carbocycles. The van der Waals surface area contributed by atoms with Gasteiger partial charge in [0.05, 0.1) is 12.5 Å². The smallest absolute Gasteiger partial charge is 0.317 e. The minimum atomic E-state index is -1.74. The summed E-state index contributed by atoms with van der Waals surface area (Å²) in [7, 11) is 0. The Balaban J connectivity index is 1.12. The van der Waals surface area contributed by atoms with E-state index in [4.69, 9.17) is 53.1 Å². The molecular formula is C28H30O15. The topological polar surface area (TPSA) is 198 Å². The number of hydrogen-bond acceptors (Lipinski definition) is 14. The molecule has 7 atom stereocenters. The predicted molar refractivity (Wildman–Crippen MR) is 138 cm³/mol. The fraction of sp³-hybridized carbons (Fsp3) is 0.500. The maximum absolute atomic E-state index is 11.7. The van der Waals surface area contributed by atoms with Crippen LogP contribution >= 0.6 is 0 Å². The molecule has 0 aromatic heterocycles. The first kappa shape index (κ1) is 29.2. The highest BCUT2D eigenvalue weighted by atomic mass is 17.2. The molecule has 15 nitrogen and oxygen atoms in total. The van der Waals surface area contributed by atoms with Crippen molar-refractivity contribution in [3.8, 4) is 28.7 Å². The normalized spacial score (nSPS) is 28.1. The molecule has 4 N–H and O–H groups in total. The molecule has 1 saturated heterocycles. The molecule has 4 aliphatic rings. The highest BCUT2D eigenvalue weighted by Crippen LogP contribution is 2.54. The zero-order chi connectivity index (χ0) is 30.1. The number of carboxylic acid groups (broad SMARTS) is 1. The highest BCUT2D eigenvalue weighted by Gasteiger charge is 2.48. The number of rotatable bonds is 11. The number of aliphatic hydroxyl groups is 3. The Morgan fingerprint density at radius 1 is 0.953 bits per heavy atom. The van der Waals surface area contributed by atoms with Crippen molar-refractivity contribution in [2.75, 3.05) is 33.2 Å². The zero-order valence-electron chi connectivity index (χ0n) is 22.7. The van der Waals surface area contributed by atoms with Gasteiger partial charge in [0, 0.05) is 30.4 Å². The van der Waals surface area contributed by atoms with Crippen LogP contribution in [0.4, 0.5) is 0 Å². The minimum Gasteiger partial charge on any atom is -0.492 e. The molecule has 6 rings (SSSR count). The van der Waals surface area contributed by atoms with Gasteiger partial charge in [-0.05, 0) is 30.7 Å². The van der Waals surface area contributed by atoms with Crippen molar-refractivity contribution in [3.63, 3.8) is 0 Å². The molecule has 4 heterocycles. The van der Waals surface area contributed by atoms with Gasteiger partial charge in [-0.25, -0.2) is 0 Å². The molecule has 4 aliphatic heterocycles. The molecule has 15 heteroatoms. The lowest BCUT2D eigenvalue weighted by Gasteiger charge is -2.41. The van der Waals surface area contributed by atoms with Gasteiger partial charge >= 0.3 is 11.9 Å². The standard InChI is InChI=1S/C28H30O15/c29-4-1-5-35-26-21(11-37-23(32)9-22(30)31)41-28(34)27(24(26)33)43-42-13-2-3-17-15(6-13)25-16(10-36-17)14-7-19-20(39-12-38-19)8-18(14)40-25/h2-3,6-8,16,21,24-29,33-34H,1,4-5,9-12H2,(H,30,31)/t16-,21-,24+,25+,26-,27+,28-/m1/s1. The highest BCUT2D eigenvalue weighted by molar-refractivity contribution is 5.90. The summed E-state index contributed by atoms with van der Waals surface area (Å²) in [5, 5.41) is 39.5. The Morgan fingerprint density at radius 3 is 2.56 bits per heavy atom. The Labute approximate surface area is 244 Å². The van der Waals surface area contributed by atoms with E-state index in [0.717, 1.165) is 5.56 Å². The zero-order valence-corrected chi connectivity index (χ0v) is 22.7. The number of hydrogen-bond donors (Lipinski definition) is 4. The molecule has 43 heavy (non-hydrogen) atoms. The third-order valence-corrected chi connectivity index (χ3v) is 7.44. The Morgan fingerprint density at radius 2 is 1.77 bits per heavy atom. The van der Waals surface area contributed by atoms with E-state index in [2.05, 4.69) is 0 Å². The molecule has 2 aromatic rings. The van der Waals surface area contributed by atoms with E-state index < -0.39 is 55.7 Å². The fourth-order valence-corrected chi connectivity index (χ4v) is 5.38. The largest absolute Gasteiger partial charge is 0.492 e. The predicted octanol–water partition coefficient (Wildman–Crippen LogP) is 0.568. The SMILES string of the molecule is O=C(O)CC(=O)OC[C@H]1O[C@@H](O)[C@@H](OOc2ccc3c(c2)[C@@H]2Oc4cc5c(cc4[C@H]2CO3)OCO5)[C@@H](O)[C@@H]1OCCCO. The second kappa shape index (κ2) is 12.4. The number of carbonyl (C=O) groups excluding carboxylic acids is 1. The van der Waals surface area contributed by atoms with Crippen LogP contribution in [-0.4, -0.2) is 96.3 Å². The number of carboxylic acids is 1. The number of aliphatic carboxylic acids is 1. The molecule has 232 valence electrons. The molecule has 0 unspecified atom stereocenters. The van der Waals surface area contributed by atoms with Crippen LogP contribution in [0, 0.1) is 0 Å². The molecule has 0 aliphatic carbocycles. The number of fused-ring (bicyclic) bond motifs is 6. The lowest BCUT2D eigenvalue weighted by Crippen LogP contribution is -2.60. The quantitative estimate of drug-likeness (QED) is 0.0909. The number of aliphatic hydroxyl groups excluding tert-OH is 3. The average molecular weight is 607 g/mol. The van der Waals surface area contributed by atoms with Crippen LogP contribution in [0.2, 0.25) is 0 Å². The Bertz CT molecular complexity index is 1350. The van der Waals surface area contributed by atoms with Crippen molar-refractivity contribution in [3.05, 3.63) is 41.5 Å². The van der Waals surface area contributed by atoms with Gasteiger partial charge < -0.3 is 58.5 Å². The first-order valence-electron chi connectivity index (χ1n) is 13.6. The van der Waals surface area contributed by atoms with Crippen LogP contribution < -0.4 is 23.8 Å². The molecule has 0 amide bonds. The van der Waals surface area contributed by atoms with Crippen molar-refractivity contribution >= 4 is 11.9 Å². The fourth-order valence-electron chi connectivity index (χ4n) is 5.38. The van der Waals surface area contributed by atoms with Gasteiger partial charge in [0.15, 0.2) is 29.6 Å². The summed E-state index contributed by atoms with van der Waals surface area (Å²) in [4.78, 5) is 33.4. The van der Waals surface area contributed by atoms with Gasteiger partial charge in [0.1, 0.15) is 48.9 Å². The van der Waals surface area contributed by atoms with Crippen molar-refractivity contribution < 1.29 is 72.9 Å². The van der Waals surface area contributed by atoms with E-state index >= 15 is 0 Å². The minimum absolute atomic E-state index is 0.00182. The first-order valence-corrected chi connectivity index (χ1v) is 13.6. The molecule has 0 spiro atoms. The van der Waals surface area contributed by atoms with E-state index in [9.17, 15) is 19.8 Å². The van der Waals surface area contributed by atoms with E-state index in [1.165, 1.54) is 0 Å². The van der Waals surface area contributed by atoms with E-state index in [-0.39, 0.29) is 44.2 Å². The number of benzene rings is 2. The summed E-state index contributed by atoms with van der Waals surface area (Å²) in [6.07, 6.45) is -8.10. The lowest BCUT2D eigenvalue weighted by atomic mass is 9.89. The van der Waals surface area contributed by atoms with E-state index in [1.807, 2.05) is 6.07 Å². The van der Waals surface area contributed by atoms with E-state index in [0.29, 0.717) is 35.2 Å². The second-order valence-corrected chi connectivity index (χ2v) is 10.3. The first-order chi connectivity index (χ1) is 20.8. The van der Waals surface area contributed by atoms with Crippen molar-refractivity contribution in [2.24, 2.45) is 0 Å². The molecular weight excluding hydrogens is 576 g/mol. The Kier molecular flexibility index (Phi) is 8.43. The summed E-state index contributed by atoms with van der Waals surface area (Å²) in [6.45, 7) is -0.145. The van der Waals surface area contributed by atoms with Crippen LogP contribution in [0.25, 0.3) is 0 Å². The molecule has 1 fully saturated rings. The van der Waals surface area contributed by atoms with Gasteiger partial charge in [0.25, 0.3) is 0 Å². The second-order valence-electron chi connectivity index (χ2n) is 10.3. The molecule has 2 aromatic carbocycles. The van der Waals surface area contributed by atoms with E-state index in [1.54, 1.807) is 24.3 Å². The summed E-state index contributed by atoms with van der Waals surface area (Å²) >= 11 is 0. The number of carbonyl (C=O) groups is 2. The average Bonchev–Trinajstić information content (AvgIpc) is 3.59. The van der Waals surface area contributed by atoms with Gasteiger partial charge in [-0.15, -0.1) is 0 Å². The van der Waals surface area contributed by atoms with Crippen LogP contribution in [0.3, 0.4) is 0 Å². The summed E-state index contributed by atoms with van der Waals surface area (Å²) in [6, 6.07) is 8.63. The van der Waals surface area contributed by atoms with Gasteiger partial charge in [-0.1, -0.05) is 0 Å². The molecule has 0 bridgehead atoms. The van der Waals surface area contributed by atoms with Crippen molar-refractivity contribution in [2.45, 2.75) is 55.6 Å². The summed E-state index contributed by atoms with van der Waals surface area (Å²) in [5.74, 6) is 0.215. The number of ether oxygens (including phenoxy) is 7. The molecule has 0 radical (unpaired) electrons. The van der Waals surface area contributed by atoms with Crippen LogP contribution in [-0.2, 0) is 28.7 Å². The number of esters is 1. The van der Waals surface area contributed by atoms with Gasteiger partial charge in [0.2, 0.25) is 6.79 Å². The summed E-state index contributed by atoms with van der Waals surface area (Å²) < 4.78 is 39.3. The maximum Gasteiger partial charge on any atom is 0.317 e. The maximum atomic E-state index is 11.7. The van der Waals surface area contributed by atoms with Crippen molar-refractivity contribution in [1.29, 1.82) is 0 Å². The Hall–Kier alpha value is -3.86. The monoisotopic (exact) mass is 606 g/mol. The van der Waals surface area contributed by atoms with Crippen molar-refractivity contribution in [1.82, 2.24) is 0 Å². The van der Waals surface area contributed by atoms with Crippen LogP contribution in [0.5, 0.6) is 28.7 Å². The third-order valence-electron chi connectivity index (χ3n) is 7.44. The van der Waals surface area contributed by atoms with Gasteiger partial charge in [-0.2, -0.15) is 4.89 Å². The third kappa shape index (κ3) is 6.00. The van der Waals surface area contributed by atoms with Crippen LogP contribution in [0.15, 0.2) is 30.3 Å². The van der Waals surface area contributed by atoms with Crippen LogP contribution in [0.1, 0.15) is 36.0 Å².